The van der Waals surface area contributed by atoms with Crippen molar-refractivity contribution < 1.29 is 0 Å². The lowest BCUT2D eigenvalue weighted by Crippen LogP contribution is -2.10. The molecule has 1 aromatic heterocycles. The molecule has 2 nitrogen and oxygen atoms in total. The first-order valence-electron chi connectivity index (χ1n) is 3.09. The predicted octanol–water partition coefficient (Wildman–Crippen LogP) is 1.39. The van der Waals surface area contributed by atoms with Gasteiger partial charge in [-0.15, -0.1) is 11.3 Å². The van der Waals surface area contributed by atoms with Crippen LogP contribution in [0.4, 0.5) is 0 Å². The number of aromatic nitrogens is 1. The molecule has 3 heteroatoms. The molecule has 0 bridgehead atoms. The molecule has 0 spiro atoms. The Labute approximate surface area is 65.5 Å². The molecule has 1 radical (unpaired) electrons. The Morgan fingerprint density at radius 1 is 1.70 bits per heavy atom. The third-order valence-corrected chi connectivity index (χ3v) is 1.93. The largest absolute Gasteiger partial charge is 0.303 e. The molecule has 0 saturated heterocycles. The first-order valence-corrected chi connectivity index (χ1v) is 3.97. The van der Waals surface area contributed by atoms with Crippen LogP contribution >= 0.6 is 11.3 Å². The molecule has 0 N–H and O–H groups in total. The zero-order valence-electron chi connectivity index (χ0n) is 6.29. The van der Waals surface area contributed by atoms with Crippen LogP contribution in [0.2, 0.25) is 0 Å². The normalized spacial score (nSPS) is 10.8. The Kier molecular flexibility index (Phi) is 2.40. The Morgan fingerprint density at radius 3 is 2.80 bits per heavy atom. The molecular weight excluding hydrogens is 144 g/mol. The molecular formula is C7H11N2S. The van der Waals surface area contributed by atoms with Gasteiger partial charge in [0.15, 0.2) is 0 Å². The average Bonchev–Trinajstić information content (AvgIpc) is 2.13. The van der Waals surface area contributed by atoms with Gasteiger partial charge in [0.25, 0.3) is 0 Å². The summed E-state index contributed by atoms with van der Waals surface area (Å²) in [4.78, 5) is 6.31. The van der Waals surface area contributed by atoms with E-state index >= 15 is 0 Å². The van der Waals surface area contributed by atoms with E-state index in [2.05, 4.69) is 16.8 Å². The number of hydrogen-bond donors (Lipinski definition) is 0. The SMILES string of the molecule is [CH2]c1csc(CN(C)C)n1. The molecule has 0 aliphatic heterocycles. The van der Waals surface area contributed by atoms with Gasteiger partial charge in [-0.2, -0.15) is 0 Å². The summed E-state index contributed by atoms with van der Waals surface area (Å²) < 4.78 is 0. The molecule has 0 fully saturated rings. The van der Waals surface area contributed by atoms with Crippen LogP contribution in [-0.4, -0.2) is 24.0 Å². The lowest BCUT2D eigenvalue weighted by molar-refractivity contribution is 0.401. The molecule has 0 aliphatic rings. The highest BCUT2D eigenvalue weighted by Crippen LogP contribution is 2.09. The molecule has 55 valence electrons. The quantitative estimate of drug-likeness (QED) is 0.641. The highest BCUT2D eigenvalue weighted by atomic mass is 32.1. The highest BCUT2D eigenvalue weighted by molar-refractivity contribution is 7.09. The predicted molar refractivity (Wildman–Crippen MR) is 44.0 cm³/mol. The van der Waals surface area contributed by atoms with Gasteiger partial charge in [0.2, 0.25) is 0 Å². The van der Waals surface area contributed by atoms with E-state index < -0.39 is 0 Å². The lowest BCUT2D eigenvalue weighted by atomic mass is 10.5. The maximum Gasteiger partial charge on any atom is 0.107 e. The van der Waals surface area contributed by atoms with E-state index in [1.54, 1.807) is 11.3 Å². The van der Waals surface area contributed by atoms with Crippen molar-refractivity contribution in [2.75, 3.05) is 14.1 Å². The summed E-state index contributed by atoms with van der Waals surface area (Å²) in [5.74, 6) is 0. The summed E-state index contributed by atoms with van der Waals surface area (Å²) in [6.45, 7) is 4.65. The fourth-order valence-electron chi connectivity index (χ4n) is 0.692. The van der Waals surface area contributed by atoms with Gasteiger partial charge in [0.05, 0.1) is 5.69 Å². The summed E-state index contributed by atoms with van der Waals surface area (Å²) in [5.41, 5.74) is 0.877. The van der Waals surface area contributed by atoms with Gasteiger partial charge < -0.3 is 4.90 Å². The van der Waals surface area contributed by atoms with Gasteiger partial charge in [-0.25, -0.2) is 4.98 Å². The van der Waals surface area contributed by atoms with Crippen LogP contribution in [0, 0.1) is 6.92 Å². The van der Waals surface area contributed by atoms with Crippen molar-refractivity contribution in [1.29, 1.82) is 0 Å². The third kappa shape index (κ3) is 2.08. The zero-order valence-corrected chi connectivity index (χ0v) is 7.11. The van der Waals surface area contributed by atoms with E-state index in [1.165, 1.54) is 0 Å². The van der Waals surface area contributed by atoms with Crippen LogP contribution < -0.4 is 0 Å². The van der Waals surface area contributed by atoms with Crippen molar-refractivity contribution in [3.63, 3.8) is 0 Å². The first-order chi connectivity index (χ1) is 4.68. The summed E-state index contributed by atoms with van der Waals surface area (Å²) in [5, 5.41) is 3.11. The van der Waals surface area contributed by atoms with Crippen molar-refractivity contribution in [3.8, 4) is 0 Å². The monoisotopic (exact) mass is 155 g/mol. The molecule has 0 amide bonds. The Balaban J connectivity index is 2.58. The Hall–Kier alpha value is -0.410. The van der Waals surface area contributed by atoms with Crippen LogP contribution in [-0.2, 0) is 6.54 Å². The van der Waals surface area contributed by atoms with Gasteiger partial charge in [-0.1, -0.05) is 0 Å². The van der Waals surface area contributed by atoms with Crippen LogP contribution in [0.5, 0.6) is 0 Å². The van der Waals surface area contributed by atoms with Gasteiger partial charge in [0.1, 0.15) is 5.01 Å². The number of nitrogens with zero attached hydrogens (tertiary/aromatic N) is 2. The smallest absolute Gasteiger partial charge is 0.107 e. The van der Waals surface area contributed by atoms with Gasteiger partial charge in [-0.05, 0) is 21.0 Å². The molecule has 0 saturated carbocycles. The number of hydrogen-bond acceptors (Lipinski definition) is 3. The number of thiazole rings is 1. The minimum atomic E-state index is 0.877. The molecule has 1 aromatic rings. The molecule has 0 aromatic carbocycles. The topological polar surface area (TPSA) is 16.1 Å². The van der Waals surface area contributed by atoms with Gasteiger partial charge in [0, 0.05) is 11.9 Å². The second kappa shape index (κ2) is 3.12. The van der Waals surface area contributed by atoms with Crippen molar-refractivity contribution in [3.05, 3.63) is 23.0 Å². The van der Waals surface area contributed by atoms with Crippen LogP contribution in [0.25, 0.3) is 0 Å². The summed E-state index contributed by atoms with van der Waals surface area (Å²) in [7, 11) is 4.06. The highest BCUT2D eigenvalue weighted by Gasteiger charge is 1.98. The minimum absolute atomic E-state index is 0.877. The third-order valence-electron chi connectivity index (χ3n) is 1.05. The summed E-state index contributed by atoms with van der Waals surface area (Å²) in [6, 6.07) is 0. The van der Waals surface area contributed by atoms with Gasteiger partial charge >= 0.3 is 0 Å². The van der Waals surface area contributed by atoms with E-state index in [0.717, 1.165) is 17.2 Å². The van der Waals surface area contributed by atoms with Crippen LogP contribution in [0.3, 0.4) is 0 Å². The summed E-state index contributed by atoms with van der Waals surface area (Å²) in [6.07, 6.45) is 0. The van der Waals surface area contributed by atoms with E-state index in [-0.39, 0.29) is 0 Å². The van der Waals surface area contributed by atoms with E-state index in [1.807, 2.05) is 19.5 Å². The van der Waals surface area contributed by atoms with Crippen molar-refractivity contribution in [2.45, 2.75) is 6.54 Å². The maximum absolute atomic E-state index is 4.22. The molecule has 0 atom stereocenters. The van der Waals surface area contributed by atoms with E-state index in [4.69, 9.17) is 0 Å². The average molecular weight is 155 g/mol. The molecule has 10 heavy (non-hydrogen) atoms. The lowest BCUT2D eigenvalue weighted by Gasteiger charge is -2.04. The van der Waals surface area contributed by atoms with Crippen molar-refractivity contribution in [2.24, 2.45) is 0 Å². The van der Waals surface area contributed by atoms with Crippen molar-refractivity contribution >= 4 is 11.3 Å². The van der Waals surface area contributed by atoms with E-state index in [0.29, 0.717) is 0 Å². The second-order valence-electron chi connectivity index (χ2n) is 2.47. The first kappa shape index (κ1) is 7.69. The van der Waals surface area contributed by atoms with E-state index in [9.17, 15) is 0 Å². The zero-order chi connectivity index (χ0) is 7.56. The number of rotatable bonds is 2. The molecule has 0 aliphatic carbocycles. The summed E-state index contributed by atoms with van der Waals surface area (Å²) >= 11 is 1.66. The second-order valence-corrected chi connectivity index (χ2v) is 3.41. The van der Waals surface area contributed by atoms with Gasteiger partial charge in [-0.3, -0.25) is 0 Å². The maximum atomic E-state index is 4.22. The Morgan fingerprint density at radius 2 is 2.40 bits per heavy atom. The fraction of sp³-hybridized carbons (Fsp3) is 0.429. The fourth-order valence-corrected chi connectivity index (χ4v) is 1.52. The van der Waals surface area contributed by atoms with Crippen LogP contribution in [0.15, 0.2) is 5.38 Å². The molecule has 0 unspecified atom stereocenters. The molecule has 1 heterocycles. The Bertz CT molecular complexity index is 205. The van der Waals surface area contributed by atoms with Crippen LogP contribution in [0.1, 0.15) is 10.7 Å². The molecule has 1 rings (SSSR count). The standard InChI is InChI=1S/C7H11N2S/c1-6-5-10-7(8-6)4-9(2)3/h5H,1,4H2,2-3H3. The minimum Gasteiger partial charge on any atom is -0.303 e. The van der Waals surface area contributed by atoms with Crippen molar-refractivity contribution in [1.82, 2.24) is 9.88 Å².